The molecule has 0 radical (unpaired) electrons. The van der Waals surface area contributed by atoms with Gasteiger partial charge in [-0.1, -0.05) is 18.2 Å². The van der Waals surface area contributed by atoms with Gasteiger partial charge >= 0.3 is 12.1 Å². The third-order valence-corrected chi connectivity index (χ3v) is 5.00. The molecule has 1 aromatic carbocycles. The molecule has 1 unspecified atom stereocenters. The van der Waals surface area contributed by atoms with Gasteiger partial charge in [0.1, 0.15) is 17.5 Å². The number of aromatic nitrogens is 3. The van der Waals surface area contributed by atoms with Gasteiger partial charge in [0.25, 0.3) is 0 Å². The number of carbonyl (C=O) groups is 3. The number of aliphatic carboxylic acids is 1. The van der Waals surface area contributed by atoms with Crippen LogP contribution in [0.25, 0.3) is 22.2 Å². The van der Waals surface area contributed by atoms with Crippen LogP contribution in [0.4, 0.5) is 4.79 Å². The number of amides is 1. The Hall–Kier alpha value is -3.99. The van der Waals surface area contributed by atoms with E-state index in [0.29, 0.717) is 23.0 Å². The van der Waals surface area contributed by atoms with E-state index >= 15 is 0 Å². The van der Waals surface area contributed by atoms with Gasteiger partial charge in [-0.05, 0) is 39.3 Å². The van der Waals surface area contributed by atoms with Crippen molar-refractivity contribution in [2.24, 2.45) is 0 Å². The average molecular weight is 499 g/mol. The molecule has 1 atom stereocenters. The van der Waals surface area contributed by atoms with Crippen molar-refractivity contribution < 1.29 is 33.7 Å². The highest BCUT2D eigenvalue weighted by Crippen LogP contribution is 2.31. The number of imidazole rings is 1. The number of nitrogens with zero attached hydrogens (tertiary/aromatic N) is 2. The molecule has 0 saturated heterocycles. The fourth-order valence-corrected chi connectivity index (χ4v) is 3.38. The van der Waals surface area contributed by atoms with E-state index in [0.717, 1.165) is 10.9 Å². The number of nitrogens with one attached hydrogen (secondary N) is 2. The maximum absolute atomic E-state index is 12.4. The topological polar surface area (TPSA) is 153 Å². The minimum atomic E-state index is -1.47. The van der Waals surface area contributed by atoms with E-state index in [1.807, 2.05) is 30.3 Å². The Kier molecular flexibility index (Phi) is 8.59. The molecule has 192 valence electrons. The number of ketones is 1. The molecule has 0 aliphatic rings. The SMILES string of the molecule is COc1nc2ccccc2cc1-c1cnc(C(COCCCC(=O)C(=O)O)NC(=O)OC(C)(C)C)[nH]1. The zero-order chi connectivity index (χ0) is 26.3. The monoisotopic (exact) mass is 498 g/mol. The van der Waals surface area contributed by atoms with Gasteiger partial charge in [0.15, 0.2) is 0 Å². The third-order valence-electron chi connectivity index (χ3n) is 5.00. The summed E-state index contributed by atoms with van der Waals surface area (Å²) in [6.07, 6.45) is 1.05. The van der Waals surface area contributed by atoms with Crippen LogP contribution in [0, 0.1) is 0 Å². The summed E-state index contributed by atoms with van der Waals surface area (Å²) in [7, 11) is 1.54. The van der Waals surface area contributed by atoms with Crippen molar-refractivity contribution >= 4 is 28.7 Å². The number of carbonyl (C=O) groups excluding carboxylic acids is 2. The average Bonchev–Trinajstić information content (AvgIpc) is 3.30. The lowest BCUT2D eigenvalue weighted by Crippen LogP contribution is -2.37. The normalized spacial score (nSPS) is 12.2. The molecule has 0 fully saturated rings. The fourth-order valence-electron chi connectivity index (χ4n) is 3.38. The number of carboxylic acids is 1. The van der Waals surface area contributed by atoms with Crippen LogP contribution < -0.4 is 10.1 Å². The number of hydrogen-bond donors (Lipinski definition) is 3. The van der Waals surface area contributed by atoms with Gasteiger partial charge < -0.3 is 29.6 Å². The van der Waals surface area contributed by atoms with E-state index in [9.17, 15) is 14.4 Å². The number of aromatic amines is 1. The van der Waals surface area contributed by atoms with Crippen molar-refractivity contribution in [2.75, 3.05) is 20.3 Å². The molecule has 1 amide bonds. The lowest BCUT2D eigenvalue weighted by Gasteiger charge is -2.23. The van der Waals surface area contributed by atoms with Crippen LogP contribution in [-0.2, 0) is 19.1 Å². The predicted molar refractivity (Wildman–Crippen MR) is 131 cm³/mol. The summed E-state index contributed by atoms with van der Waals surface area (Å²) in [4.78, 5) is 46.5. The molecule has 0 aliphatic heterocycles. The quantitative estimate of drug-likeness (QED) is 0.265. The van der Waals surface area contributed by atoms with Gasteiger partial charge in [-0.25, -0.2) is 19.6 Å². The first-order chi connectivity index (χ1) is 17.1. The number of hydrogen-bond acceptors (Lipinski definition) is 8. The molecule has 0 bridgehead atoms. The van der Waals surface area contributed by atoms with Gasteiger partial charge in [-0.2, -0.15) is 0 Å². The molecule has 36 heavy (non-hydrogen) atoms. The largest absolute Gasteiger partial charge is 0.480 e. The molecule has 11 nitrogen and oxygen atoms in total. The van der Waals surface area contributed by atoms with Crippen molar-refractivity contribution in [3.8, 4) is 17.1 Å². The summed E-state index contributed by atoms with van der Waals surface area (Å²) in [5, 5.41) is 12.3. The summed E-state index contributed by atoms with van der Waals surface area (Å²) in [6.45, 7) is 5.40. The number of pyridine rings is 1. The van der Waals surface area contributed by atoms with Gasteiger partial charge in [0.05, 0.1) is 36.7 Å². The minimum Gasteiger partial charge on any atom is -0.480 e. The van der Waals surface area contributed by atoms with Gasteiger partial charge in [-0.15, -0.1) is 0 Å². The van der Waals surface area contributed by atoms with Crippen molar-refractivity contribution in [3.63, 3.8) is 0 Å². The minimum absolute atomic E-state index is 0.0144. The number of H-pyrrole nitrogens is 1. The Bertz CT molecular complexity index is 1230. The molecule has 3 rings (SSSR count). The smallest absolute Gasteiger partial charge is 0.408 e. The van der Waals surface area contributed by atoms with E-state index in [-0.39, 0.29) is 26.1 Å². The van der Waals surface area contributed by atoms with E-state index in [4.69, 9.17) is 19.3 Å². The second kappa shape index (κ2) is 11.6. The van der Waals surface area contributed by atoms with Crippen LogP contribution in [0.5, 0.6) is 5.88 Å². The highest BCUT2D eigenvalue weighted by Gasteiger charge is 2.24. The summed E-state index contributed by atoms with van der Waals surface area (Å²) < 4.78 is 16.5. The molecular formula is C25H30N4O7. The first-order valence-electron chi connectivity index (χ1n) is 11.4. The van der Waals surface area contributed by atoms with Crippen LogP contribution in [0.2, 0.25) is 0 Å². The lowest BCUT2D eigenvalue weighted by atomic mass is 10.1. The number of rotatable bonds is 11. The summed E-state index contributed by atoms with van der Waals surface area (Å²) in [5.41, 5.74) is 1.41. The molecule has 2 heterocycles. The van der Waals surface area contributed by atoms with Gasteiger partial charge in [0.2, 0.25) is 11.7 Å². The third kappa shape index (κ3) is 7.25. The highest BCUT2D eigenvalue weighted by molar-refractivity contribution is 6.32. The van der Waals surface area contributed by atoms with Crippen LogP contribution in [0.3, 0.4) is 0 Å². The van der Waals surface area contributed by atoms with Crippen molar-refractivity contribution in [3.05, 3.63) is 42.4 Å². The van der Waals surface area contributed by atoms with Gasteiger partial charge in [-0.3, -0.25) is 4.79 Å². The lowest BCUT2D eigenvalue weighted by molar-refractivity contribution is -0.149. The number of Topliss-reactive ketones (excluding diaryl/α,β-unsaturated/α-hetero) is 1. The number of ether oxygens (including phenoxy) is 3. The molecule has 3 N–H and O–H groups in total. The molecule has 2 aromatic heterocycles. The Labute approximate surface area is 208 Å². The highest BCUT2D eigenvalue weighted by atomic mass is 16.6. The second-order valence-corrected chi connectivity index (χ2v) is 9.03. The van der Waals surface area contributed by atoms with E-state index < -0.39 is 29.5 Å². The number of para-hydroxylation sites is 1. The first kappa shape index (κ1) is 26.6. The first-order valence-corrected chi connectivity index (χ1v) is 11.4. The Morgan fingerprint density at radius 1 is 1.19 bits per heavy atom. The van der Waals surface area contributed by atoms with Crippen LogP contribution in [-0.4, -0.2) is 63.8 Å². The van der Waals surface area contributed by atoms with Crippen molar-refractivity contribution in [1.29, 1.82) is 0 Å². The van der Waals surface area contributed by atoms with Gasteiger partial charge in [0, 0.05) is 18.4 Å². The second-order valence-electron chi connectivity index (χ2n) is 9.03. The molecule has 0 spiro atoms. The Balaban J connectivity index is 1.79. The molecular weight excluding hydrogens is 468 g/mol. The Morgan fingerprint density at radius 2 is 1.94 bits per heavy atom. The molecule has 11 heteroatoms. The fraction of sp³-hybridized carbons (Fsp3) is 0.400. The predicted octanol–water partition coefficient (Wildman–Crippen LogP) is 3.65. The molecule has 0 saturated carbocycles. The van der Waals surface area contributed by atoms with E-state index in [1.165, 1.54) is 7.11 Å². The van der Waals surface area contributed by atoms with Crippen LogP contribution in [0.1, 0.15) is 45.5 Å². The van der Waals surface area contributed by atoms with Crippen molar-refractivity contribution in [1.82, 2.24) is 20.3 Å². The van der Waals surface area contributed by atoms with Crippen LogP contribution >= 0.6 is 0 Å². The zero-order valence-corrected chi connectivity index (χ0v) is 20.7. The standard InChI is InChI=1S/C25H30N4O7/c1-25(2,3)36-24(33)29-19(14-35-11-7-10-20(30)23(31)32)21-26-13-18(27-21)16-12-15-8-5-6-9-17(15)28-22(16)34-4/h5-6,8-9,12-13,19H,7,10-11,14H2,1-4H3,(H,26,27)(H,29,33)(H,31,32). The summed E-state index contributed by atoms with van der Waals surface area (Å²) >= 11 is 0. The molecule has 0 aliphatic carbocycles. The molecule has 3 aromatic rings. The number of alkyl carbamates (subject to hydrolysis) is 1. The van der Waals surface area contributed by atoms with E-state index in [1.54, 1.807) is 27.0 Å². The maximum atomic E-state index is 12.4. The number of benzene rings is 1. The van der Waals surface area contributed by atoms with Crippen LogP contribution in [0.15, 0.2) is 36.5 Å². The van der Waals surface area contributed by atoms with Crippen molar-refractivity contribution in [2.45, 2.75) is 45.3 Å². The number of methoxy groups -OCH3 is 1. The number of fused-ring (bicyclic) bond motifs is 1. The summed E-state index contributed by atoms with van der Waals surface area (Å²) in [6, 6.07) is 8.88. The Morgan fingerprint density at radius 3 is 2.64 bits per heavy atom. The van der Waals surface area contributed by atoms with E-state index in [2.05, 4.69) is 20.3 Å². The summed E-state index contributed by atoms with van der Waals surface area (Å²) in [5.74, 6) is -1.52. The maximum Gasteiger partial charge on any atom is 0.408 e. The zero-order valence-electron chi connectivity index (χ0n) is 20.7. The number of carboxylic acid groups (broad SMARTS) is 1.